The van der Waals surface area contributed by atoms with Crippen molar-refractivity contribution in [2.75, 3.05) is 13.1 Å². The Morgan fingerprint density at radius 3 is 2.10 bits per heavy atom. The number of hydrogen-bond acceptors (Lipinski definition) is 4. The minimum absolute atomic E-state index is 0.00881. The molecule has 0 unspecified atom stereocenters. The molecule has 3 saturated heterocycles. The van der Waals surface area contributed by atoms with Crippen LogP contribution in [0.25, 0.3) is 0 Å². The van der Waals surface area contributed by atoms with Gasteiger partial charge in [0.15, 0.2) is 0 Å². The lowest BCUT2D eigenvalue weighted by molar-refractivity contribution is -0.156. The molecule has 0 aliphatic carbocycles. The summed E-state index contributed by atoms with van der Waals surface area (Å²) in [4.78, 5) is 25.9. The Balaban J connectivity index is 1.77. The Morgan fingerprint density at radius 1 is 1.00 bits per heavy atom. The minimum atomic E-state index is -0.912. The van der Waals surface area contributed by atoms with Crippen molar-refractivity contribution in [1.29, 1.82) is 0 Å². The summed E-state index contributed by atoms with van der Waals surface area (Å²) in [6, 6.07) is 0. The lowest BCUT2D eigenvalue weighted by atomic mass is 9.78. The monoisotopic (exact) mass is 283 g/mol. The van der Waals surface area contributed by atoms with E-state index in [1.165, 1.54) is 0 Å². The third-order valence-corrected chi connectivity index (χ3v) is 4.57. The second kappa shape index (κ2) is 5.00. The number of nitrogens with zero attached hydrogens (tertiary/aromatic N) is 1. The number of carboxylic acids is 1. The highest BCUT2D eigenvalue weighted by Crippen LogP contribution is 2.44. The molecule has 3 rings (SSSR count). The highest BCUT2D eigenvalue weighted by atomic mass is 16.5. The molecule has 20 heavy (non-hydrogen) atoms. The van der Waals surface area contributed by atoms with Gasteiger partial charge in [-0.3, -0.25) is 9.59 Å². The summed E-state index contributed by atoms with van der Waals surface area (Å²) in [5, 5.41) is 9.38. The van der Waals surface area contributed by atoms with Crippen LogP contribution in [0.15, 0.2) is 0 Å². The molecule has 1 amide bonds. The first-order valence-electron chi connectivity index (χ1n) is 7.30. The van der Waals surface area contributed by atoms with Gasteiger partial charge in [0, 0.05) is 13.1 Å². The maximum absolute atomic E-state index is 12.7. The predicted octanol–water partition coefficient (Wildman–Crippen LogP) is 0.500. The molecule has 2 bridgehead atoms. The summed E-state index contributed by atoms with van der Waals surface area (Å²) in [5.74, 6) is -2.20. The number of hydrogen-bond donors (Lipinski definition) is 1. The lowest BCUT2D eigenvalue weighted by Crippen LogP contribution is -2.53. The molecular weight excluding hydrogens is 262 g/mol. The molecule has 0 aromatic rings. The first-order chi connectivity index (χ1) is 9.47. The Labute approximate surface area is 118 Å². The molecule has 6 heteroatoms. The van der Waals surface area contributed by atoms with E-state index in [1.54, 1.807) is 4.90 Å². The second-order valence-corrected chi connectivity index (χ2v) is 6.18. The molecule has 6 atom stereocenters. The van der Waals surface area contributed by atoms with E-state index < -0.39 is 17.8 Å². The van der Waals surface area contributed by atoms with Gasteiger partial charge in [0.2, 0.25) is 5.91 Å². The van der Waals surface area contributed by atoms with Crippen LogP contribution in [0.1, 0.15) is 26.7 Å². The van der Waals surface area contributed by atoms with Crippen molar-refractivity contribution < 1.29 is 24.2 Å². The van der Waals surface area contributed by atoms with Crippen molar-refractivity contribution in [3.63, 3.8) is 0 Å². The largest absolute Gasteiger partial charge is 0.481 e. The standard InChI is InChI=1S/C14H21NO5/c1-7-5-15(6-8(2)19-7)13(16)11-9-3-4-10(20-9)12(11)14(17)18/h7-12H,3-6H2,1-2H3,(H,17,18)/t7-,8-,9+,10-,11-,12+/m1/s1. The van der Waals surface area contributed by atoms with E-state index in [9.17, 15) is 14.7 Å². The molecule has 6 nitrogen and oxygen atoms in total. The van der Waals surface area contributed by atoms with Gasteiger partial charge >= 0.3 is 5.97 Å². The van der Waals surface area contributed by atoms with Crippen molar-refractivity contribution >= 4 is 11.9 Å². The highest BCUT2D eigenvalue weighted by Gasteiger charge is 2.56. The Morgan fingerprint density at radius 2 is 1.55 bits per heavy atom. The van der Waals surface area contributed by atoms with Crippen molar-refractivity contribution in [2.45, 2.75) is 51.1 Å². The summed E-state index contributed by atoms with van der Waals surface area (Å²) in [7, 11) is 0. The van der Waals surface area contributed by atoms with Crippen molar-refractivity contribution in [1.82, 2.24) is 4.90 Å². The molecule has 3 heterocycles. The fourth-order valence-electron chi connectivity index (χ4n) is 3.87. The molecule has 0 aromatic carbocycles. The Kier molecular flexibility index (Phi) is 3.46. The third kappa shape index (κ3) is 2.20. The number of rotatable bonds is 2. The number of carboxylic acid groups (broad SMARTS) is 1. The summed E-state index contributed by atoms with van der Waals surface area (Å²) < 4.78 is 11.3. The van der Waals surface area contributed by atoms with E-state index in [-0.39, 0.29) is 30.3 Å². The van der Waals surface area contributed by atoms with E-state index >= 15 is 0 Å². The van der Waals surface area contributed by atoms with Gasteiger partial charge < -0.3 is 19.5 Å². The fourth-order valence-corrected chi connectivity index (χ4v) is 3.87. The SMILES string of the molecule is C[C@@H]1CN(C(=O)[C@H]2[C@@H](C(=O)O)[C@H]3CC[C@@H]2O3)C[C@@H](C)O1. The number of fused-ring (bicyclic) bond motifs is 2. The molecule has 0 aromatic heterocycles. The summed E-state index contributed by atoms with van der Waals surface area (Å²) in [6.45, 7) is 4.93. The predicted molar refractivity (Wildman–Crippen MR) is 69.1 cm³/mol. The maximum atomic E-state index is 12.7. The van der Waals surface area contributed by atoms with Crippen molar-refractivity contribution in [3.8, 4) is 0 Å². The minimum Gasteiger partial charge on any atom is -0.481 e. The zero-order valence-electron chi connectivity index (χ0n) is 11.8. The average Bonchev–Trinajstić information content (AvgIpc) is 2.96. The number of morpholine rings is 1. The van der Waals surface area contributed by atoms with Gasteiger partial charge in [-0.2, -0.15) is 0 Å². The smallest absolute Gasteiger partial charge is 0.310 e. The van der Waals surface area contributed by atoms with Crippen LogP contribution in [0.3, 0.4) is 0 Å². The molecule has 1 N–H and O–H groups in total. The normalized spacial score (nSPS) is 43.8. The number of carbonyl (C=O) groups excluding carboxylic acids is 1. The lowest BCUT2D eigenvalue weighted by Gasteiger charge is -2.38. The Bertz CT molecular complexity index is 416. The molecule has 0 radical (unpaired) electrons. The number of carbonyl (C=O) groups is 2. The molecule has 0 spiro atoms. The highest BCUT2D eigenvalue weighted by molar-refractivity contribution is 5.86. The second-order valence-electron chi connectivity index (χ2n) is 6.18. The van der Waals surface area contributed by atoms with E-state index in [0.717, 1.165) is 12.8 Å². The molecule has 3 aliphatic rings. The molecule has 3 aliphatic heterocycles. The van der Waals surface area contributed by atoms with Crippen LogP contribution in [0.4, 0.5) is 0 Å². The van der Waals surface area contributed by atoms with Gasteiger partial charge in [0.25, 0.3) is 0 Å². The summed E-state index contributed by atoms with van der Waals surface area (Å²) >= 11 is 0. The van der Waals surface area contributed by atoms with Crippen molar-refractivity contribution in [3.05, 3.63) is 0 Å². The van der Waals surface area contributed by atoms with Crippen LogP contribution in [0.5, 0.6) is 0 Å². The Hall–Kier alpha value is -1.14. The summed E-state index contributed by atoms with van der Waals surface area (Å²) in [5.41, 5.74) is 0. The van der Waals surface area contributed by atoms with E-state index in [2.05, 4.69) is 0 Å². The van der Waals surface area contributed by atoms with Gasteiger partial charge in [-0.15, -0.1) is 0 Å². The molecule has 3 fully saturated rings. The number of amides is 1. The summed E-state index contributed by atoms with van der Waals surface area (Å²) in [6.07, 6.45) is 1.02. The quantitative estimate of drug-likeness (QED) is 0.798. The number of ether oxygens (including phenoxy) is 2. The van der Waals surface area contributed by atoms with Crippen LogP contribution in [0, 0.1) is 11.8 Å². The zero-order chi connectivity index (χ0) is 14.4. The first-order valence-corrected chi connectivity index (χ1v) is 7.30. The van der Waals surface area contributed by atoms with Crippen LogP contribution in [-0.2, 0) is 19.1 Å². The van der Waals surface area contributed by atoms with Gasteiger partial charge in [-0.05, 0) is 26.7 Å². The average molecular weight is 283 g/mol. The van der Waals surface area contributed by atoms with E-state index in [0.29, 0.717) is 13.1 Å². The van der Waals surface area contributed by atoms with Gasteiger partial charge in [0.1, 0.15) is 0 Å². The first kappa shape index (κ1) is 13.8. The fraction of sp³-hybridized carbons (Fsp3) is 0.857. The van der Waals surface area contributed by atoms with E-state index in [1.807, 2.05) is 13.8 Å². The van der Waals surface area contributed by atoms with E-state index in [4.69, 9.17) is 9.47 Å². The molecular formula is C14H21NO5. The van der Waals surface area contributed by atoms with Crippen LogP contribution in [0.2, 0.25) is 0 Å². The van der Waals surface area contributed by atoms with Gasteiger partial charge in [-0.1, -0.05) is 0 Å². The molecule has 112 valence electrons. The van der Waals surface area contributed by atoms with Crippen LogP contribution >= 0.6 is 0 Å². The van der Waals surface area contributed by atoms with Gasteiger partial charge in [-0.25, -0.2) is 0 Å². The van der Waals surface area contributed by atoms with Crippen LogP contribution in [-0.4, -0.2) is 59.4 Å². The third-order valence-electron chi connectivity index (χ3n) is 4.57. The number of aliphatic carboxylic acids is 1. The zero-order valence-corrected chi connectivity index (χ0v) is 11.8. The maximum Gasteiger partial charge on any atom is 0.310 e. The topological polar surface area (TPSA) is 76.1 Å². The molecule has 0 saturated carbocycles. The van der Waals surface area contributed by atoms with Crippen molar-refractivity contribution in [2.24, 2.45) is 11.8 Å². The van der Waals surface area contributed by atoms with Gasteiger partial charge in [0.05, 0.1) is 36.3 Å². The van der Waals surface area contributed by atoms with Crippen LogP contribution < -0.4 is 0 Å².